The maximum atomic E-state index is 8.49. The number of unbranched alkanes of at least 4 members (excludes halogenated alkanes) is 24. The third kappa shape index (κ3) is 25.5. The summed E-state index contributed by atoms with van der Waals surface area (Å²) in [6.07, 6.45) is 34.4. The van der Waals surface area contributed by atoms with Crippen LogP contribution in [-0.4, -0.2) is 0 Å². The van der Waals surface area contributed by atoms with E-state index in [1.807, 2.05) is 0 Å². The minimum atomic E-state index is 0.748. The van der Waals surface area contributed by atoms with Gasteiger partial charge in [0.25, 0.3) is 0 Å². The fourth-order valence-electron chi connectivity index (χ4n) is 4.09. The average Bonchev–Trinajstić information content (AvgIpc) is 2.71. The van der Waals surface area contributed by atoms with Gasteiger partial charge < -0.3 is 0 Å². The second kappa shape index (κ2) is 26.5. The van der Waals surface area contributed by atoms with Gasteiger partial charge in [-0.2, -0.15) is 5.26 Å². The summed E-state index contributed by atoms with van der Waals surface area (Å²) >= 11 is 0. The molecule has 0 rings (SSSR count). The standard InChI is InChI=1S/C27H52N/c1-2-3-4-5-6-7-8-9-10-11-12-13-14-15-16-17-18-19-20-21-22-23-24-25-26-27-28/h1-26H2. The molecule has 0 N–H and O–H groups in total. The fraction of sp³-hybridized carbons (Fsp3) is 0.926. The summed E-state index contributed by atoms with van der Waals surface area (Å²) in [5, 5.41) is 8.49. The zero-order valence-electron chi connectivity index (χ0n) is 19.3. The Morgan fingerprint density at radius 1 is 0.357 bits per heavy atom. The van der Waals surface area contributed by atoms with Crippen LogP contribution in [0.15, 0.2) is 0 Å². The largest absolute Gasteiger partial charge is 0.198 e. The minimum absolute atomic E-state index is 0.748. The van der Waals surface area contributed by atoms with E-state index in [-0.39, 0.29) is 0 Å². The monoisotopic (exact) mass is 390 g/mol. The van der Waals surface area contributed by atoms with Crippen LogP contribution in [0, 0.1) is 18.3 Å². The summed E-state index contributed by atoms with van der Waals surface area (Å²) in [7, 11) is 0. The summed E-state index contributed by atoms with van der Waals surface area (Å²) in [6.45, 7) is 3.91. The molecule has 0 saturated heterocycles. The number of hydrogen-bond donors (Lipinski definition) is 0. The van der Waals surface area contributed by atoms with E-state index in [0.29, 0.717) is 0 Å². The van der Waals surface area contributed by atoms with Gasteiger partial charge in [-0.15, -0.1) is 0 Å². The van der Waals surface area contributed by atoms with E-state index in [0.717, 1.165) is 19.3 Å². The molecular weight excluding hydrogens is 338 g/mol. The van der Waals surface area contributed by atoms with Gasteiger partial charge in [0.2, 0.25) is 0 Å². The van der Waals surface area contributed by atoms with Gasteiger partial charge in [0.15, 0.2) is 0 Å². The molecule has 165 valence electrons. The fourth-order valence-corrected chi connectivity index (χ4v) is 4.09. The molecule has 0 aliphatic carbocycles. The maximum Gasteiger partial charge on any atom is 0.0621 e. The second-order valence-corrected chi connectivity index (χ2v) is 8.89. The predicted octanol–water partition coefficient (Wildman–Crippen LogP) is 10.1. The summed E-state index contributed by atoms with van der Waals surface area (Å²) in [5.41, 5.74) is 0. The van der Waals surface area contributed by atoms with Gasteiger partial charge >= 0.3 is 0 Å². The highest BCUT2D eigenvalue weighted by Crippen LogP contribution is 2.15. The van der Waals surface area contributed by atoms with E-state index in [4.69, 9.17) is 5.26 Å². The lowest BCUT2D eigenvalue weighted by atomic mass is 10.0. The summed E-state index contributed by atoms with van der Waals surface area (Å²) in [4.78, 5) is 0. The van der Waals surface area contributed by atoms with E-state index < -0.39 is 0 Å². The van der Waals surface area contributed by atoms with Crippen molar-refractivity contribution in [3.8, 4) is 6.07 Å². The van der Waals surface area contributed by atoms with Gasteiger partial charge in [0.05, 0.1) is 6.07 Å². The Kier molecular flexibility index (Phi) is 26.0. The van der Waals surface area contributed by atoms with Crippen LogP contribution in [-0.2, 0) is 0 Å². The van der Waals surface area contributed by atoms with Crippen LogP contribution in [0.4, 0.5) is 0 Å². The van der Waals surface area contributed by atoms with Gasteiger partial charge in [0, 0.05) is 6.42 Å². The second-order valence-electron chi connectivity index (χ2n) is 8.89. The van der Waals surface area contributed by atoms with Crippen LogP contribution in [0.25, 0.3) is 0 Å². The molecule has 28 heavy (non-hydrogen) atoms. The van der Waals surface area contributed by atoms with Crippen molar-refractivity contribution in [3.63, 3.8) is 0 Å². The quantitative estimate of drug-likeness (QED) is 0.150. The van der Waals surface area contributed by atoms with Crippen molar-refractivity contribution in [2.75, 3.05) is 0 Å². The molecule has 0 heterocycles. The number of nitriles is 1. The molecule has 0 atom stereocenters. The average molecular weight is 391 g/mol. The molecule has 0 saturated carbocycles. The van der Waals surface area contributed by atoms with E-state index >= 15 is 0 Å². The molecule has 0 bridgehead atoms. The van der Waals surface area contributed by atoms with Crippen molar-refractivity contribution in [2.24, 2.45) is 0 Å². The maximum absolute atomic E-state index is 8.49. The van der Waals surface area contributed by atoms with Gasteiger partial charge in [-0.1, -0.05) is 155 Å². The van der Waals surface area contributed by atoms with Crippen LogP contribution >= 0.6 is 0 Å². The van der Waals surface area contributed by atoms with Crippen molar-refractivity contribution >= 4 is 0 Å². The lowest BCUT2D eigenvalue weighted by Crippen LogP contribution is -1.84. The Labute approximate surface area is 179 Å². The molecule has 0 aromatic heterocycles. The first-order valence-corrected chi connectivity index (χ1v) is 13.1. The highest BCUT2D eigenvalue weighted by atomic mass is 14.2. The Balaban J connectivity index is 2.97. The van der Waals surface area contributed by atoms with Crippen LogP contribution in [0.3, 0.4) is 0 Å². The number of hydrogen-bond acceptors (Lipinski definition) is 1. The Morgan fingerprint density at radius 2 is 0.571 bits per heavy atom. The zero-order chi connectivity index (χ0) is 20.4. The van der Waals surface area contributed by atoms with E-state index in [1.54, 1.807) is 0 Å². The normalized spacial score (nSPS) is 11.0. The van der Waals surface area contributed by atoms with Gasteiger partial charge in [-0.3, -0.25) is 0 Å². The van der Waals surface area contributed by atoms with Crippen molar-refractivity contribution < 1.29 is 0 Å². The van der Waals surface area contributed by atoms with E-state index in [1.165, 1.54) is 141 Å². The van der Waals surface area contributed by atoms with Gasteiger partial charge in [0.1, 0.15) is 0 Å². The van der Waals surface area contributed by atoms with Gasteiger partial charge in [-0.25, -0.2) is 0 Å². The van der Waals surface area contributed by atoms with E-state index in [2.05, 4.69) is 13.0 Å². The molecule has 0 aliphatic heterocycles. The first-order chi connectivity index (χ1) is 13.9. The summed E-state index contributed by atoms with van der Waals surface area (Å²) in [5.74, 6) is 0. The molecule has 0 aromatic carbocycles. The Bertz CT molecular complexity index is 304. The Hall–Kier alpha value is -0.510. The van der Waals surface area contributed by atoms with Gasteiger partial charge in [-0.05, 0) is 6.42 Å². The molecule has 1 radical (unpaired) electrons. The molecule has 1 heteroatoms. The van der Waals surface area contributed by atoms with Crippen molar-refractivity contribution in [2.45, 2.75) is 161 Å². The molecule has 0 spiro atoms. The van der Waals surface area contributed by atoms with Crippen LogP contribution in [0.5, 0.6) is 0 Å². The summed E-state index contributed by atoms with van der Waals surface area (Å²) < 4.78 is 0. The highest BCUT2D eigenvalue weighted by Gasteiger charge is 1.96. The number of rotatable bonds is 24. The molecule has 0 unspecified atom stereocenters. The van der Waals surface area contributed by atoms with Crippen LogP contribution in [0.2, 0.25) is 0 Å². The first-order valence-electron chi connectivity index (χ1n) is 13.1. The first kappa shape index (κ1) is 27.5. The molecular formula is C27H52N. The van der Waals surface area contributed by atoms with Crippen molar-refractivity contribution in [3.05, 3.63) is 6.92 Å². The lowest BCUT2D eigenvalue weighted by molar-refractivity contribution is 0.517. The van der Waals surface area contributed by atoms with Crippen molar-refractivity contribution in [1.29, 1.82) is 5.26 Å². The number of nitrogens with zero attached hydrogens (tertiary/aromatic N) is 1. The molecule has 0 amide bonds. The molecule has 0 aliphatic rings. The highest BCUT2D eigenvalue weighted by molar-refractivity contribution is 4.67. The topological polar surface area (TPSA) is 23.8 Å². The lowest BCUT2D eigenvalue weighted by Gasteiger charge is -2.04. The molecule has 1 nitrogen and oxygen atoms in total. The van der Waals surface area contributed by atoms with Crippen LogP contribution in [0.1, 0.15) is 161 Å². The van der Waals surface area contributed by atoms with Crippen LogP contribution < -0.4 is 0 Å². The summed E-state index contributed by atoms with van der Waals surface area (Å²) in [6, 6.07) is 2.23. The van der Waals surface area contributed by atoms with Crippen molar-refractivity contribution in [1.82, 2.24) is 0 Å². The molecule has 0 fully saturated rings. The Morgan fingerprint density at radius 3 is 0.786 bits per heavy atom. The minimum Gasteiger partial charge on any atom is -0.198 e. The third-order valence-electron chi connectivity index (χ3n) is 6.04. The van der Waals surface area contributed by atoms with E-state index in [9.17, 15) is 0 Å². The third-order valence-corrected chi connectivity index (χ3v) is 6.04. The smallest absolute Gasteiger partial charge is 0.0621 e. The zero-order valence-corrected chi connectivity index (χ0v) is 19.3. The SMILES string of the molecule is [CH2]CCCCCCCCCCCCCCCCCCCCCCCCCC#N. The predicted molar refractivity (Wildman–Crippen MR) is 126 cm³/mol. The molecule has 0 aromatic rings.